The van der Waals surface area contributed by atoms with E-state index in [-0.39, 0.29) is 49.2 Å². The number of nitrogens with zero attached hydrogens (tertiary/aromatic N) is 1. The van der Waals surface area contributed by atoms with Crippen LogP contribution in [0.5, 0.6) is 0 Å². The van der Waals surface area contributed by atoms with Gasteiger partial charge in [-0.25, -0.2) is 9.65 Å². The van der Waals surface area contributed by atoms with Crippen molar-refractivity contribution in [2.45, 2.75) is 64.8 Å². The number of aryl methyl sites for hydroxylation is 1. The molecule has 0 spiro atoms. The van der Waals surface area contributed by atoms with E-state index in [4.69, 9.17) is 15.2 Å². The molecule has 50 heavy (non-hydrogen) atoms. The van der Waals surface area contributed by atoms with Crippen molar-refractivity contribution in [1.29, 1.82) is 5.41 Å². The quantitative estimate of drug-likeness (QED) is 0.0190. The highest BCUT2D eigenvalue weighted by molar-refractivity contribution is 7.33. The molecule has 0 fully saturated rings. The van der Waals surface area contributed by atoms with Gasteiger partial charge in [0.25, 0.3) is 5.91 Å². The van der Waals surface area contributed by atoms with Gasteiger partial charge in [-0.05, 0) is 81.4 Å². The molecule has 0 radical (unpaired) electrons. The Hall–Kier alpha value is -4.08. The Bertz CT molecular complexity index is 1570. The SMILES string of the molecule is CNC(=N)N(C)CCC[C@@H](NC(=O)CCc1c(C)[nH]c(/C=C2\C(=O)Nc3ccc(F)cc32)c1C)C(=O)NCCCCC(CO)CO[PH](=O)OO. The van der Waals surface area contributed by atoms with E-state index < -0.39 is 20.1 Å². The minimum Gasteiger partial charge on any atom is -0.396 e. The molecule has 2 heterocycles. The number of unbranched alkanes of at least 4 members (excludes halogenated alkanes) is 1. The van der Waals surface area contributed by atoms with Gasteiger partial charge in [-0.3, -0.25) is 24.4 Å². The van der Waals surface area contributed by atoms with E-state index in [1.165, 1.54) is 18.2 Å². The zero-order chi connectivity index (χ0) is 36.8. The van der Waals surface area contributed by atoms with Gasteiger partial charge in [-0.15, -0.1) is 0 Å². The first-order chi connectivity index (χ1) is 23.9. The Morgan fingerprint density at radius 3 is 2.66 bits per heavy atom. The molecule has 1 aliphatic heterocycles. The number of carbonyl (C=O) groups excluding carboxylic acids is 3. The van der Waals surface area contributed by atoms with Crippen LogP contribution in [-0.4, -0.2) is 90.4 Å². The van der Waals surface area contributed by atoms with Crippen molar-refractivity contribution < 1.29 is 42.9 Å². The highest BCUT2D eigenvalue weighted by atomic mass is 31.1. The molecule has 276 valence electrons. The molecule has 2 unspecified atom stereocenters. The van der Waals surface area contributed by atoms with Crippen LogP contribution in [0.1, 0.15) is 66.6 Å². The lowest BCUT2D eigenvalue weighted by atomic mass is 10.0. The van der Waals surface area contributed by atoms with Crippen LogP contribution in [0.3, 0.4) is 0 Å². The van der Waals surface area contributed by atoms with Gasteiger partial charge in [0.15, 0.2) is 5.96 Å². The summed E-state index contributed by atoms with van der Waals surface area (Å²) in [6, 6.07) is 3.33. The van der Waals surface area contributed by atoms with Gasteiger partial charge in [0.1, 0.15) is 11.9 Å². The average Bonchev–Trinajstić information content (AvgIpc) is 3.55. The van der Waals surface area contributed by atoms with E-state index in [2.05, 4.69) is 30.9 Å². The Morgan fingerprint density at radius 2 is 1.96 bits per heavy atom. The van der Waals surface area contributed by atoms with Crippen molar-refractivity contribution in [2.24, 2.45) is 5.92 Å². The number of guanidine groups is 1. The minimum atomic E-state index is -3.00. The van der Waals surface area contributed by atoms with Crippen molar-refractivity contribution in [3.8, 4) is 0 Å². The van der Waals surface area contributed by atoms with E-state index in [0.29, 0.717) is 74.1 Å². The van der Waals surface area contributed by atoms with Crippen LogP contribution in [0.4, 0.5) is 10.1 Å². The maximum atomic E-state index is 13.9. The maximum absolute atomic E-state index is 13.9. The van der Waals surface area contributed by atoms with E-state index in [0.717, 1.165) is 16.8 Å². The monoisotopic (exact) mass is 721 g/mol. The summed E-state index contributed by atoms with van der Waals surface area (Å²) in [5.74, 6) is -1.49. The first-order valence-corrected chi connectivity index (χ1v) is 17.7. The van der Waals surface area contributed by atoms with E-state index in [1.54, 1.807) is 25.1 Å². The molecule has 1 aromatic carbocycles. The lowest BCUT2D eigenvalue weighted by molar-refractivity contribution is -0.142. The average molecular weight is 722 g/mol. The number of nitrogens with one attached hydrogen (secondary N) is 6. The number of halogens is 1. The molecule has 2 aromatic rings. The summed E-state index contributed by atoms with van der Waals surface area (Å²) < 4.78 is 33.5. The zero-order valence-electron chi connectivity index (χ0n) is 28.9. The zero-order valence-corrected chi connectivity index (χ0v) is 29.9. The van der Waals surface area contributed by atoms with Crippen molar-refractivity contribution in [3.05, 3.63) is 52.1 Å². The number of H-pyrrole nitrogens is 1. The van der Waals surface area contributed by atoms with Crippen LogP contribution in [0, 0.1) is 31.0 Å². The molecular formula is C33H49FN7O8P. The number of amides is 3. The molecule has 3 atom stereocenters. The Balaban J connectivity index is 1.59. The topological polar surface area (TPSA) is 218 Å². The molecular weight excluding hydrogens is 672 g/mol. The van der Waals surface area contributed by atoms with Crippen LogP contribution in [-0.2, 0) is 34.6 Å². The number of hydrogen-bond donors (Lipinski definition) is 8. The fraction of sp³-hybridized carbons (Fsp3) is 0.515. The van der Waals surface area contributed by atoms with Crippen LogP contribution in [0.15, 0.2) is 18.2 Å². The third kappa shape index (κ3) is 11.8. The van der Waals surface area contributed by atoms with Gasteiger partial charge >= 0.3 is 8.25 Å². The largest absolute Gasteiger partial charge is 0.396 e. The molecule has 15 nitrogen and oxygen atoms in total. The highest BCUT2D eigenvalue weighted by Gasteiger charge is 2.26. The number of aromatic nitrogens is 1. The lowest BCUT2D eigenvalue weighted by Gasteiger charge is -2.22. The summed E-state index contributed by atoms with van der Waals surface area (Å²) in [5, 5.41) is 37.0. The maximum Gasteiger partial charge on any atom is 0.346 e. The second-order valence-electron chi connectivity index (χ2n) is 12.2. The number of aliphatic hydroxyl groups is 1. The second kappa shape index (κ2) is 19.9. The molecule has 0 saturated heterocycles. The summed E-state index contributed by atoms with van der Waals surface area (Å²) in [5.41, 5.74) is 4.63. The van der Waals surface area contributed by atoms with Crippen molar-refractivity contribution in [3.63, 3.8) is 0 Å². The molecule has 0 aliphatic carbocycles. The third-order valence-electron chi connectivity index (χ3n) is 8.65. The van der Waals surface area contributed by atoms with E-state index in [1.807, 2.05) is 13.8 Å². The van der Waals surface area contributed by atoms with Gasteiger partial charge in [-0.2, -0.15) is 4.67 Å². The number of hydrogen-bond acceptors (Lipinski definition) is 9. The van der Waals surface area contributed by atoms with Crippen molar-refractivity contribution >= 4 is 49.3 Å². The molecule has 0 saturated carbocycles. The molecule has 3 amide bonds. The van der Waals surface area contributed by atoms with Crippen LogP contribution in [0.25, 0.3) is 11.6 Å². The second-order valence-corrected chi connectivity index (χ2v) is 13.2. The molecule has 8 N–H and O–H groups in total. The number of rotatable bonds is 20. The third-order valence-corrected chi connectivity index (χ3v) is 9.20. The molecule has 1 aliphatic rings. The summed E-state index contributed by atoms with van der Waals surface area (Å²) >= 11 is 0. The van der Waals surface area contributed by atoms with Gasteiger partial charge in [0.05, 0.1) is 12.2 Å². The first-order valence-electron chi connectivity index (χ1n) is 16.5. The van der Waals surface area contributed by atoms with E-state index in [9.17, 15) is 28.4 Å². The molecule has 1 aromatic heterocycles. The van der Waals surface area contributed by atoms with E-state index >= 15 is 0 Å². The fourth-order valence-electron chi connectivity index (χ4n) is 5.72. The Kier molecular flexibility index (Phi) is 16.1. The Morgan fingerprint density at radius 1 is 1.20 bits per heavy atom. The predicted molar refractivity (Wildman–Crippen MR) is 188 cm³/mol. The smallest absolute Gasteiger partial charge is 0.346 e. The van der Waals surface area contributed by atoms with Crippen LogP contribution >= 0.6 is 8.25 Å². The minimum absolute atomic E-state index is 0.0391. The number of aliphatic hydroxyl groups excluding tert-OH is 1. The van der Waals surface area contributed by atoms with Gasteiger partial charge < -0.3 is 40.8 Å². The number of aromatic amines is 1. The van der Waals surface area contributed by atoms with Gasteiger partial charge in [-0.1, -0.05) is 6.42 Å². The normalized spacial score (nSPS) is 14.9. The summed E-state index contributed by atoms with van der Waals surface area (Å²) in [6.07, 6.45) is 4.81. The highest BCUT2D eigenvalue weighted by Crippen LogP contribution is 2.34. The lowest BCUT2D eigenvalue weighted by Crippen LogP contribution is -2.47. The number of carbonyl (C=O) groups is 3. The van der Waals surface area contributed by atoms with Crippen molar-refractivity contribution in [1.82, 2.24) is 25.8 Å². The van der Waals surface area contributed by atoms with Gasteiger partial charge in [0, 0.05) is 68.8 Å². The fourth-order valence-corrected chi connectivity index (χ4v) is 6.15. The van der Waals surface area contributed by atoms with Crippen molar-refractivity contribution in [2.75, 3.05) is 45.7 Å². The molecule has 3 rings (SSSR count). The van der Waals surface area contributed by atoms with Crippen LogP contribution < -0.4 is 21.3 Å². The number of fused-ring (bicyclic) bond motifs is 1. The number of benzene rings is 1. The summed E-state index contributed by atoms with van der Waals surface area (Å²) in [4.78, 5) is 44.0. The van der Waals surface area contributed by atoms with Gasteiger partial charge in [0.2, 0.25) is 11.8 Å². The summed E-state index contributed by atoms with van der Waals surface area (Å²) in [7, 11) is 0.407. The van der Waals surface area contributed by atoms with Crippen LogP contribution in [0.2, 0.25) is 0 Å². The number of anilines is 1. The molecule has 17 heteroatoms. The first kappa shape index (κ1) is 40.4. The molecule has 0 bridgehead atoms. The summed E-state index contributed by atoms with van der Waals surface area (Å²) in [6.45, 7) is 4.35. The predicted octanol–water partition coefficient (Wildman–Crippen LogP) is 3.34. The standard InChI is InChI=1S/C33H49FN7O8P/c1-20-24(21(2)38-29(20)17-26-25-16-23(34)10-12-27(25)40-31(26)44)11-13-30(43)39-28(9-7-15-41(4)33(35)36-3)32(45)37-14-6-5-8-22(18-42)19-48-50(47)49-46/h10,12,16-17,22,28,38,42,46,50H,5-9,11,13-15,18-19H2,1-4H3,(H2,35,36)(H,37,45)(H,39,43)(H,40,44)/b26-17-/t22?,28-/m1/s1. The Labute approximate surface area is 291 Å².